The molecular weight excluding hydrogens is 2250 g/mol. The first-order valence-corrected chi connectivity index (χ1v) is 49.8. The predicted octanol–water partition coefficient (Wildman–Crippen LogP) is 32.5. The normalized spacial score (nSPS) is 10.1. The minimum Gasteiger partial charge on any atom is -0.508 e. The highest BCUT2D eigenvalue weighted by Gasteiger charge is 2.17. The zero-order chi connectivity index (χ0) is 108. The number of rotatable bonds is 34. The van der Waals surface area contributed by atoms with Gasteiger partial charge in [0, 0.05) is 77.2 Å². The number of aryl methyl sites for hydroxylation is 4. The highest BCUT2D eigenvalue weighted by Crippen LogP contribution is 2.32. The Kier molecular flexibility index (Phi) is 60.3. The lowest BCUT2D eigenvalue weighted by atomic mass is 10.00. The van der Waals surface area contributed by atoms with E-state index in [1.807, 2.05) is 30.3 Å². The maximum absolute atomic E-state index is 14.5. The number of methoxy groups -OCH3 is 4. The number of nitrogens with zero attached hydrogens (tertiary/aromatic N) is 2. The van der Waals surface area contributed by atoms with Crippen molar-refractivity contribution < 1.29 is 115 Å². The van der Waals surface area contributed by atoms with Crippen molar-refractivity contribution in [2.45, 2.75) is 182 Å². The van der Waals surface area contributed by atoms with E-state index < -0.39 is 58.3 Å². The van der Waals surface area contributed by atoms with Gasteiger partial charge in [0.2, 0.25) is 0 Å². The second kappa shape index (κ2) is 70.4. The smallest absolute Gasteiger partial charge is 0.311 e. The zero-order valence-corrected chi connectivity index (χ0v) is 87.7. The van der Waals surface area contributed by atoms with Crippen molar-refractivity contribution in [1.82, 2.24) is 0 Å². The number of ether oxygens (including phenoxy) is 5. The third-order valence-corrected chi connectivity index (χ3v) is 24.2. The van der Waals surface area contributed by atoms with Crippen LogP contribution in [0.25, 0.3) is 54.9 Å². The van der Waals surface area contributed by atoms with Crippen LogP contribution in [0.3, 0.4) is 0 Å². The molecule has 149 heavy (non-hydrogen) atoms. The number of hydrogen-bond acceptors (Lipinski definition) is 14. The number of hydrogen-bond donors (Lipinski definition) is 2. The Morgan fingerprint density at radius 1 is 0.322 bits per heavy atom. The number of aromatic hydroxyl groups is 1. The summed E-state index contributed by atoms with van der Waals surface area (Å²) in [4.78, 5) is 65.6. The number of esters is 5. The Morgan fingerprint density at radius 2 is 0.651 bits per heavy atom. The number of aliphatic carboxylic acids is 1. The van der Waals surface area contributed by atoms with E-state index in [9.17, 15) is 86.6 Å². The Morgan fingerprint density at radius 3 is 1.01 bits per heavy atom. The molecule has 0 unspecified atom stereocenters. The fourth-order valence-electron chi connectivity index (χ4n) is 13.8. The van der Waals surface area contributed by atoms with Gasteiger partial charge in [-0.2, -0.15) is 10.5 Å². The molecule has 0 amide bonds. The average molecular weight is 2360 g/mol. The van der Waals surface area contributed by atoms with E-state index in [1.165, 1.54) is 77.0 Å². The molecule has 0 aliphatic heterocycles. The van der Waals surface area contributed by atoms with Gasteiger partial charge >= 0.3 is 35.8 Å². The standard InChI is InChI=1S/C29H22F3NO2.C19H19F3O2.C18H17F3O2.C13H16BrFO2.C13H12BrFO2.C11H7NO.C7H10O2.C6H3BrFI.2CH4/c30-26-13-10-23(17-28(26)32)25-12-7-19(15-27(25)31)4-2-1-3-5-29(34)35-24-11-9-21-14-20(18-33)6-8-22(21)16-24;1-24-19(23)6-4-2-3-5-13-7-9-15(17(21)11-13)14-8-10-16(20)18(22)12-14;19-15-9-7-13(11-17(15)21)14-8-6-12(10-16(14)20)4-2-1-3-5-18(22)23;2*1-17-13(16)6-4-2-3-5-10-7-8-11(14)12(15)9-10;12-7-8-1-2-10-6-11(13)4-3-9(10)5-8;1-3-4-5-6-7(8)9-2;7-5-2-1-4(9)3-6(5)8;;/h6-17H,1-5H2;7-12H,2-6H2,1H3;6-11H,1-5H2,(H,22,23);7-9H,2-6H2,1H3;7-9H,2,4,6H2,1H3;1-6,13H;1H,4-6H2,2H3;1-3H;2*1H4. The maximum Gasteiger partial charge on any atom is 0.311 e. The number of carbonyl (C=O) groups is 6. The summed E-state index contributed by atoms with van der Waals surface area (Å²) in [7, 11) is 5.49. The van der Waals surface area contributed by atoms with Crippen LogP contribution < -0.4 is 4.74 Å². The monoisotopic (exact) mass is 2360 g/mol. The summed E-state index contributed by atoms with van der Waals surface area (Å²) in [6.45, 7) is 0. The van der Waals surface area contributed by atoms with Gasteiger partial charge in [0.25, 0.3) is 0 Å². The summed E-state index contributed by atoms with van der Waals surface area (Å²) >= 11 is 11.3. The third kappa shape index (κ3) is 48.5. The maximum atomic E-state index is 14.5. The lowest BCUT2D eigenvalue weighted by molar-refractivity contribution is -0.141. The van der Waals surface area contributed by atoms with Gasteiger partial charge in [-0.25, -0.2) is 52.7 Å². The number of phenols is 1. The summed E-state index contributed by atoms with van der Waals surface area (Å²) in [6, 6.07) is 64.3. The molecular formula is C118H114Br3F12IN2O13. The van der Waals surface area contributed by atoms with Crippen molar-refractivity contribution in [1.29, 1.82) is 10.5 Å². The van der Waals surface area contributed by atoms with Crippen molar-refractivity contribution in [2.24, 2.45) is 0 Å². The molecule has 0 spiro atoms. The summed E-state index contributed by atoms with van der Waals surface area (Å²) < 4.78 is 186. The van der Waals surface area contributed by atoms with E-state index in [2.05, 4.69) is 119 Å². The second-order valence-corrected chi connectivity index (χ2v) is 36.4. The molecule has 2 N–H and O–H groups in total. The fourth-order valence-corrected chi connectivity index (χ4v) is 14.9. The minimum absolute atomic E-state index is 0. The molecule has 13 aromatic rings. The fraction of sp³-hybridized carbons (Fsp3) is 0.271. The van der Waals surface area contributed by atoms with Gasteiger partial charge in [0.05, 0.1) is 65.1 Å². The molecule has 13 rings (SSSR count). The number of terminal acetylenes is 1. The summed E-state index contributed by atoms with van der Waals surface area (Å²) in [5, 5.41) is 39.1. The first-order valence-electron chi connectivity index (χ1n) is 46.4. The van der Waals surface area contributed by atoms with Crippen molar-refractivity contribution in [2.75, 3.05) is 28.4 Å². The van der Waals surface area contributed by atoms with Crippen molar-refractivity contribution >= 4 is 128 Å². The first kappa shape index (κ1) is 128. The SMILES string of the molecule is C.C.C#CCCCC(=O)OC.COC(=O)CCCC#Cc1ccc(Br)c(F)c1.COC(=O)CCCCCc1ccc(-c2ccc(F)c(F)c2)c(F)c1.COC(=O)CCCCCc1ccc(Br)c(F)c1.Fc1cc(I)ccc1Br.N#Cc1ccc2cc(O)ccc2c1.N#Cc1ccc2cc(OC(=O)CCCCCc3ccc(-c4ccc(F)c(F)c4)c(F)c3)ccc2c1.O=C(O)CCCCCc1ccc(-c2ccc(F)c(F)c2)c(F)c1. The van der Waals surface area contributed by atoms with E-state index in [-0.39, 0.29) is 109 Å². The molecule has 0 fully saturated rings. The predicted molar refractivity (Wildman–Crippen MR) is 576 cm³/mol. The topological polar surface area (TPSA) is 237 Å². The molecule has 0 heterocycles. The quantitative estimate of drug-likeness (QED) is 0.00557. The van der Waals surface area contributed by atoms with E-state index in [0.717, 1.165) is 161 Å². The van der Waals surface area contributed by atoms with Crippen molar-refractivity contribution in [3.8, 4) is 81.2 Å². The molecule has 31 heteroatoms. The van der Waals surface area contributed by atoms with Crippen LogP contribution in [0.15, 0.2) is 250 Å². The van der Waals surface area contributed by atoms with Crippen LogP contribution >= 0.6 is 70.4 Å². The molecule has 0 saturated carbocycles. The van der Waals surface area contributed by atoms with Crippen LogP contribution in [-0.4, -0.2) is 74.5 Å². The highest BCUT2D eigenvalue weighted by molar-refractivity contribution is 14.1. The molecule has 0 bridgehead atoms. The Bertz CT molecular complexity index is 6780. The minimum atomic E-state index is -1.01. The van der Waals surface area contributed by atoms with E-state index in [0.29, 0.717) is 118 Å². The Balaban J connectivity index is 0.000000367. The van der Waals surface area contributed by atoms with E-state index in [1.54, 1.807) is 121 Å². The molecule has 0 aliphatic rings. The molecule has 786 valence electrons. The molecule has 13 aromatic carbocycles. The number of nitriles is 2. The molecule has 0 radical (unpaired) electrons. The van der Waals surface area contributed by atoms with Crippen LogP contribution in [0, 0.1) is 120 Å². The first-order chi connectivity index (χ1) is 70.5. The van der Waals surface area contributed by atoms with Crippen LogP contribution in [0.1, 0.15) is 195 Å². The molecule has 0 aromatic heterocycles. The lowest BCUT2D eigenvalue weighted by Gasteiger charge is -2.08. The largest absolute Gasteiger partial charge is 0.508 e. The summed E-state index contributed by atoms with van der Waals surface area (Å²) in [6.07, 6.45) is 21.9. The number of carboxylic acids is 1. The molecule has 0 atom stereocenters. The summed E-state index contributed by atoms with van der Waals surface area (Å²) in [5.41, 5.74) is 6.80. The van der Waals surface area contributed by atoms with Gasteiger partial charge in [0.15, 0.2) is 34.9 Å². The third-order valence-electron chi connectivity index (χ3n) is 21.6. The van der Waals surface area contributed by atoms with Gasteiger partial charge in [-0.15, -0.1) is 12.3 Å². The highest BCUT2D eigenvalue weighted by atomic mass is 127. The number of fused-ring (bicyclic) bond motifs is 2. The zero-order valence-electron chi connectivity index (χ0n) is 80.8. The number of halogens is 16. The molecule has 0 aliphatic carbocycles. The molecule has 15 nitrogen and oxygen atoms in total. The van der Waals surface area contributed by atoms with Crippen molar-refractivity contribution in [3.05, 3.63) is 362 Å². The van der Waals surface area contributed by atoms with Gasteiger partial charge in [-0.3, -0.25) is 28.8 Å². The van der Waals surface area contributed by atoms with Gasteiger partial charge in [-0.05, 0) is 372 Å². The van der Waals surface area contributed by atoms with E-state index in [4.69, 9.17) is 26.8 Å². The summed E-state index contributed by atoms with van der Waals surface area (Å²) in [5.74, 6) is -1.19. The lowest BCUT2D eigenvalue weighted by Crippen LogP contribution is -2.07. The van der Waals surface area contributed by atoms with Gasteiger partial charge in [-0.1, -0.05) is 137 Å². The van der Waals surface area contributed by atoms with Crippen LogP contribution in [0.2, 0.25) is 0 Å². The number of benzene rings is 13. The second-order valence-electron chi connectivity index (χ2n) is 32.6. The number of unbranched alkanes of at least 4 members (excludes halogenated alkanes) is 10. The number of carbonyl (C=O) groups excluding carboxylic acids is 5. The average Bonchev–Trinajstić information content (AvgIpc) is 0.837. The van der Waals surface area contributed by atoms with E-state index >= 15 is 0 Å². The Hall–Kier alpha value is -13.6. The van der Waals surface area contributed by atoms with Crippen molar-refractivity contribution in [3.63, 3.8) is 0 Å². The van der Waals surface area contributed by atoms with Gasteiger partial charge in [0.1, 0.15) is 46.4 Å². The van der Waals surface area contributed by atoms with Gasteiger partial charge < -0.3 is 33.9 Å². The Labute approximate surface area is 900 Å². The number of phenolic OH excluding ortho intramolecular Hbond substituents is 1. The van der Waals surface area contributed by atoms with Crippen LogP contribution in [0.5, 0.6) is 11.5 Å². The molecule has 0 saturated heterocycles. The van der Waals surface area contributed by atoms with Crippen LogP contribution in [-0.2, 0) is 73.4 Å². The van der Waals surface area contributed by atoms with Crippen LogP contribution in [0.4, 0.5) is 52.7 Å². The number of carboxylic acid groups (broad SMARTS) is 1.